The Kier molecular flexibility index (Phi) is 1.42. The zero-order valence-corrected chi connectivity index (χ0v) is 5.35. The molecule has 0 amide bonds. The average Bonchev–Trinajstić information content (AvgIpc) is 1.80. The normalized spacial score (nSPS) is 9.67. The van der Waals surface area contributed by atoms with Crippen molar-refractivity contribution in [3.05, 3.63) is 23.5 Å². The topological polar surface area (TPSA) is 25.8 Å². The predicted octanol–water partition coefficient (Wildman–Crippen LogP) is 1.23. The van der Waals surface area contributed by atoms with Crippen LogP contribution in [0.5, 0.6) is 0 Å². The Morgan fingerprint density at radius 1 is 1.44 bits per heavy atom. The van der Waals surface area contributed by atoms with Crippen molar-refractivity contribution >= 4 is 0 Å². The highest BCUT2D eigenvalue weighted by atomic mass is 19.1. The molecule has 0 aromatic carbocycles. The smallest absolute Gasteiger partial charge is 0.234 e. The van der Waals surface area contributed by atoms with Gasteiger partial charge < -0.3 is 0 Å². The molecule has 0 aliphatic rings. The molecule has 0 unspecified atom stereocenters. The summed E-state index contributed by atoms with van der Waals surface area (Å²) in [4.78, 5) is 7.28. The van der Waals surface area contributed by atoms with Crippen molar-refractivity contribution in [2.45, 2.75) is 13.8 Å². The van der Waals surface area contributed by atoms with E-state index in [-0.39, 0.29) is 0 Å². The first-order valence-corrected chi connectivity index (χ1v) is 2.66. The molecule has 48 valence electrons. The predicted molar refractivity (Wildman–Crippen MR) is 31.5 cm³/mol. The van der Waals surface area contributed by atoms with E-state index in [4.69, 9.17) is 0 Å². The molecule has 0 N–H and O–H groups in total. The van der Waals surface area contributed by atoms with Crippen molar-refractivity contribution in [2.24, 2.45) is 0 Å². The van der Waals surface area contributed by atoms with E-state index >= 15 is 0 Å². The van der Waals surface area contributed by atoms with Gasteiger partial charge in [-0.25, -0.2) is 4.98 Å². The lowest BCUT2D eigenvalue weighted by Crippen LogP contribution is -1.93. The van der Waals surface area contributed by atoms with Crippen molar-refractivity contribution < 1.29 is 4.39 Å². The van der Waals surface area contributed by atoms with Crippen molar-refractivity contribution in [1.29, 1.82) is 0 Å². The van der Waals surface area contributed by atoms with Crippen LogP contribution in [0.4, 0.5) is 4.39 Å². The fourth-order valence-electron chi connectivity index (χ4n) is 0.508. The van der Waals surface area contributed by atoms with Crippen molar-refractivity contribution in [3.8, 4) is 0 Å². The summed E-state index contributed by atoms with van der Waals surface area (Å²) in [5, 5.41) is 0. The molecule has 1 heterocycles. The summed E-state index contributed by atoms with van der Waals surface area (Å²) in [5.74, 6) is -0.477. The second kappa shape index (κ2) is 2.09. The van der Waals surface area contributed by atoms with Gasteiger partial charge in [-0.3, -0.25) is 4.98 Å². The molecular weight excluding hydrogens is 119 g/mol. The zero-order valence-electron chi connectivity index (χ0n) is 5.35. The standard InChI is InChI=1S/C6H7FN2/c1-4-3-8-5(2)6(7)9-4/h3H,1-2H3. The van der Waals surface area contributed by atoms with E-state index in [1.807, 2.05) is 0 Å². The number of aryl methyl sites for hydroxylation is 2. The molecule has 0 spiro atoms. The Morgan fingerprint density at radius 2 is 2.11 bits per heavy atom. The molecule has 2 nitrogen and oxygen atoms in total. The second-order valence-electron chi connectivity index (χ2n) is 1.89. The number of rotatable bonds is 0. The van der Waals surface area contributed by atoms with E-state index in [1.54, 1.807) is 20.0 Å². The molecule has 0 atom stereocenters. The summed E-state index contributed by atoms with van der Waals surface area (Å²) < 4.78 is 12.4. The molecule has 0 bridgehead atoms. The monoisotopic (exact) mass is 126 g/mol. The van der Waals surface area contributed by atoms with Crippen LogP contribution in [0.3, 0.4) is 0 Å². The molecule has 0 radical (unpaired) electrons. The van der Waals surface area contributed by atoms with Gasteiger partial charge in [0.1, 0.15) is 0 Å². The van der Waals surface area contributed by atoms with Crippen LogP contribution in [0.15, 0.2) is 6.20 Å². The number of hydrogen-bond acceptors (Lipinski definition) is 2. The molecule has 0 aliphatic heterocycles. The van der Waals surface area contributed by atoms with Crippen LogP contribution in [-0.2, 0) is 0 Å². The minimum Gasteiger partial charge on any atom is -0.255 e. The number of nitrogens with zero attached hydrogens (tertiary/aromatic N) is 2. The minimum absolute atomic E-state index is 0.348. The van der Waals surface area contributed by atoms with Gasteiger partial charge in [-0.2, -0.15) is 4.39 Å². The summed E-state index contributed by atoms with van der Waals surface area (Å²) >= 11 is 0. The van der Waals surface area contributed by atoms with Crippen molar-refractivity contribution in [1.82, 2.24) is 9.97 Å². The highest BCUT2D eigenvalue weighted by Crippen LogP contribution is 1.97. The lowest BCUT2D eigenvalue weighted by molar-refractivity contribution is 0.561. The quantitative estimate of drug-likeness (QED) is 0.522. The minimum atomic E-state index is -0.477. The lowest BCUT2D eigenvalue weighted by Gasteiger charge is -1.92. The van der Waals surface area contributed by atoms with Crippen LogP contribution in [0, 0.1) is 19.8 Å². The molecule has 1 aromatic heterocycles. The molecule has 1 rings (SSSR count). The van der Waals surface area contributed by atoms with Crippen LogP contribution in [0.1, 0.15) is 11.4 Å². The Labute approximate surface area is 52.8 Å². The van der Waals surface area contributed by atoms with Crippen LogP contribution < -0.4 is 0 Å². The van der Waals surface area contributed by atoms with Crippen LogP contribution in [-0.4, -0.2) is 9.97 Å². The molecule has 1 aromatic rings. The van der Waals surface area contributed by atoms with Crippen LogP contribution in [0.2, 0.25) is 0 Å². The van der Waals surface area contributed by atoms with E-state index in [0.29, 0.717) is 11.4 Å². The molecule has 0 saturated carbocycles. The van der Waals surface area contributed by atoms with E-state index in [0.717, 1.165) is 0 Å². The Hall–Kier alpha value is -0.990. The van der Waals surface area contributed by atoms with Gasteiger partial charge in [-0.1, -0.05) is 0 Å². The summed E-state index contributed by atoms with van der Waals surface area (Å²) in [6, 6.07) is 0. The van der Waals surface area contributed by atoms with Crippen molar-refractivity contribution in [2.75, 3.05) is 0 Å². The summed E-state index contributed by atoms with van der Waals surface area (Å²) in [6.45, 7) is 3.29. The molecule has 9 heavy (non-hydrogen) atoms. The van der Waals surface area contributed by atoms with Crippen LogP contribution >= 0.6 is 0 Å². The fraction of sp³-hybridized carbons (Fsp3) is 0.333. The van der Waals surface area contributed by atoms with Gasteiger partial charge in [-0.05, 0) is 13.8 Å². The second-order valence-corrected chi connectivity index (χ2v) is 1.89. The number of hydrogen-bond donors (Lipinski definition) is 0. The molecule has 0 aliphatic carbocycles. The highest BCUT2D eigenvalue weighted by Gasteiger charge is 1.96. The number of halogens is 1. The average molecular weight is 126 g/mol. The molecule has 0 saturated heterocycles. The summed E-state index contributed by atoms with van der Waals surface area (Å²) in [6.07, 6.45) is 1.54. The van der Waals surface area contributed by atoms with Gasteiger partial charge in [0, 0.05) is 6.20 Å². The first-order chi connectivity index (χ1) is 4.20. The third-order valence-electron chi connectivity index (χ3n) is 1.02. The van der Waals surface area contributed by atoms with E-state index < -0.39 is 5.95 Å². The fourth-order valence-corrected chi connectivity index (χ4v) is 0.508. The first kappa shape index (κ1) is 6.13. The maximum Gasteiger partial charge on any atom is 0.234 e. The maximum atomic E-state index is 12.4. The highest BCUT2D eigenvalue weighted by molar-refractivity contribution is 5.00. The Bertz CT molecular complexity index is 222. The van der Waals surface area contributed by atoms with E-state index in [9.17, 15) is 4.39 Å². The van der Waals surface area contributed by atoms with E-state index in [2.05, 4.69) is 9.97 Å². The lowest BCUT2D eigenvalue weighted by atomic mass is 10.4. The van der Waals surface area contributed by atoms with Gasteiger partial charge in [-0.15, -0.1) is 0 Å². The summed E-state index contributed by atoms with van der Waals surface area (Å²) in [7, 11) is 0. The largest absolute Gasteiger partial charge is 0.255 e. The van der Waals surface area contributed by atoms with Crippen molar-refractivity contribution in [3.63, 3.8) is 0 Å². The van der Waals surface area contributed by atoms with Gasteiger partial charge in [0.2, 0.25) is 5.95 Å². The molecule has 3 heteroatoms. The van der Waals surface area contributed by atoms with Gasteiger partial charge >= 0.3 is 0 Å². The van der Waals surface area contributed by atoms with E-state index in [1.165, 1.54) is 0 Å². The molecular formula is C6H7FN2. The third kappa shape index (κ3) is 1.22. The van der Waals surface area contributed by atoms with Gasteiger partial charge in [0.05, 0.1) is 11.4 Å². The van der Waals surface area contributed by atoms with Crippen LogP contribution in [0.25, 0.3) is 0 Å². The maximum absolute atomic E-state index is 12.4. The first-order valence-electron chi connectivity index (χ1n) is 2.66. The third-order valence-corrected chi connectivity index (χ3v) is 1.02. The number of aromatic nitrogens is 2. The zero-order chi connectivity index (χ0) is 6.85. The van der Waals surface area contributed by atoms with Gasteiger partial charge in [0.25, 0.3) is 0 Å². The molecule has 0 fully saturated rings. The summed E-state index contributed by atoms with van der Waals surface area (Å²) in [5.41, 5.74) is 0.957. The Morgan fingerprint density at radius 3 is 2.56 bits per heavy atom. The van der Waals surface area contributed by atoms with Gasteiger partial charge in [0.15, 0.2) is 0 Å². The Balaban J connectivity index is 3.17. The SMILES string of the molecule is Cc1cnc(C)c(F)n1.